The average Bonchev–Trinajstić information content (AvgIpc) is 3.02. The monoisotopic (exact) mass is 376 g/mol. The first-order valence-corrected chi connectivity index (χ1v) is 7.86. The number of halogens is 3. The molecular formula is C16H19ClF2N2O2S. The largest absolute Gasteiger partial charge is 0.435 e. The maximum absolute atomic E-state index is 12.3. The number of nitrogens with two attached hydrogens (primary N) is 1. The molecule has 0 fully saturated rings. The number of likely N-dealkylation sites (N-methyl/N-ethyl adjacent to an activating group) is 1. The van der Waals surface area contributed by atoms with Crippen LogP contribution in [0.2, 0.25) is 0 Å². The Balaban J connectivity index is 0.00000288. The highest BCUT2D eigenvalue weighted by Gasteiger charge is 2.18. The number of benzene rings is 1. The van der Waals surface area contributed by atoms with Gasteiger partial charge in [0.1, 0.15) is 5.75 Å². The lowest BCUT2D eigenvalue weighted by Crippen LogP contribution is -2.39. The third-order valence-corrected chi connectivity index (χ3v) is 4.63. The van der Waals surface area contributed by atoms with Crippen molar-refractivity contribution in [3.05, 3.63) is 41.3 Å². The summed E-state index contributed by atoms with van der Waals surface area (Å²) in [6.07, 6.45) is 0. The van der Waals surface area contributed by atoms with Crippen molar-refractivity contribution in [2.75, 3.05) is 13.6 Å². The average molecular weight is 377 g/mol. The van der Waals surface area contributed by atoms with E-state index in [1.54, 1.807) is 30.1 Å². The van der Waals surface area contributed by atoms with Crippen molar-refractivity contribution in [2.24, 2.45) is 5.73 Å². The summed E-state index contributed by atoms with van der Waals surface area (Å²) >= 11 is 1.35. The minimum absolute atomic E-state index is 0. The summed E-state index contributed by atoms with van der Waals surface area (Å²) in [6, 6.07) is 9.87. The highest BCUT2D eigenvalue weighted by molar-refractivity contribution is 7.17. The molecule has 1 amide bonds. The van der Waals surface area contributed by atoms with Crippen molar-refractivity contribution in [3.8, 4) is 16.2 Å². The number of ether oxygens (including phenoxy) is 1. The molecule has 2 N–H and O–H groups in total. The first kappa shape index (κ1) is 20.3. The Labute approximate surface area is 149 Å². The van der Waals surface area contributed by atoms with Crippen LogP contribution < -0.4 is 10.5 Å². The molecule has 0 saturated carbocycles. The van der Waals surface area contributed by atoms with E-state index in [2.05, 4.69) is 4.74 Å². The maximum Gasteiger partial charge on any atom is 0.387 e. The minimum Gasteiger partial charge on any atom is -0.435 e. The van der Waals surface area contributed by atoms with Crippen LogP contribution in [0.4, 0.5) is 8.78 Å². The topological polar surface area (TPSA) is 55.6 Å². The number of thiophene rings is 1. The number of carbonyl (C=O) groups excluding carboxylic acids is 1. The van der Waals surface area contributed by atoms with Crippen molar-refractivity contribution in [1.29, 1.82) is 0 Å². The molecule has 0 saturated heterocycles. The Morgan fingerprint density at radius 1 is 1.25 bits per heavy atom. The number of rotatable bonds is 6. The molecule has 0 spiro atoms. The second kappa shape index (κ2) is 8.96. The second-order valence-electron chi connectivity index (χ2n) is 5.07. The zero-order valence-corrected chi connectivity index (χ0v) is 14.9. The van der Waals surface area contributed by atoms with Crippen LogP contribution in [0.5, 0.6) is 5.75 Å². The van der Waals surface area contributed by atoms with E-state index in [4.69, 9.17) is 5.73 Å². The summed E-state index contributed by atoms with van der Waals surface area (Å²) in [5, 5.41) is 0. The van der Waals surface area contributed by atoms with Gasteiger partial charge in [-0.15, -0.1) is 23.7 Å². The third kappa shape index (κ3) is 4.90. The molecule has 0 aliphatic rings. The number of amides is 1. The van der Waals surface area contributed by atoms with Gasteiger partial charge in [0.2, 0.25) is 0 Å². The SMILES string of the molecule is CC(CN)N(C)C(=O)c1ccc(-c2ccc(OC(F)F)cc2)s1.Cl. The van der Waals surface area contributed by atoms with Crippen LogP contribution in [0.25, 0.3) is 10.4 Å². The first-order valence-electron chi connectivity index (χ1n) is 7.04. The fourth-order valence-corrected chi connectivity index (χ4v) is 2.94. The molecule has 8 heteroatoms. The summed E-state index contributed by atoms with van der Waals surface area (Å²) in [6.45, 7) is -0.563. The lowest BCUT2D eigenvalue weighted by molar-refractivity contribution is -0.0498. The lowest BCUT2D eigenvalue weighted by atomic mass is 10.2. The molecule has 2 aromatic rings. The van der Waals surface area contributed by atoms with E-state index in [1.165, 1.54) is 23.5 Å². The third-order valence-electron chi connectivity index (χ3n) is 3.50. The van der Waals surface area contributed by atoms with Crippen LogP contribution in [0.15, 0.2) is 36.4 Å². The molecule has 0 aliphatic carbocycles. The van der Waals surface area contributed by atoms with Gasteiger partial charge in [-0.2, -0.15) is 8.78 Å². The summed E-state index contributed by atoms with van der Waals surface area (Å²) in [7, 11) is 1.72. The van der Waals surface area contributed by atoms with Crippen molar-refractivity contribution in [3.63, 3.8) is 0 Å². The Kier molecular flexibility index (Phi) is 7.59. The van der Waals surface area contributed by atoms with Gasteiger partial charge in [0.25, 0.3) is 5.91 Å². The quantitative estimate of drug-likeness (QED) is 0.832. The highest BCUT2D eigenvalue weighted by Crippen LogP contribution is 2.30. The van der Waals surface area contributed by atoms with E-state index in [9.17, 15) is 13.6 Å². The summed E-state index contributed by atoms with van der Waals surface area (Å²) in [5.74, 6) is 0.0185. The molecule has 0 radical (unpaired) electrons. The minimum atomic E-state index is -2.84. The van der Waals surface area contributed by atoms with E-state index in [0.717, 1.165) is 10.4 Å². The predicted molar refractivity (Wildman–Crippen MR) is 94.2 cm³/mol. The number of hydrogen-bond acceptors (Lipinski definition) is 4. The van der Waals surface area contributed by atoms with Gasteiger partial charge < -0.3 is 15.4 Å². The van der Waals surface area contributed by atoms with Gasteiger partial charge >= 0.3 is 6.61 Å². The molecule has 0 bridgehead atoms. The van der Waals surface area contributed by atoms with E-state index in [0.29, 0.717) is 11.4 Å². The molecule has 2 rings (SSSR count). The van der Waals surface area contributed by atoms with Gasteiger partial charge in [0.05, 0.1) is 4.88 Å². The van der Waals surface area contributed by atoms with E-state index in [-0.39, 0.29) is 30.1 Å². The van der Waals surface area contributed by atoms with Crippen molar-refractivity contribution < 1.29 is 18.3 Å². The fourth-order valence-electron chi connectivity index (χ4n) is 1.94. The number of hydrogen-bond donors (Lipinski definition) is 1. The fraction of sp³-hybridized carbons (Fsp3) is 0.312. The van der Waals surface area contributed by atoms with Gasteiger partial charge in [-0.05, 0) is 48.9 Å². The van der Waals surface area contributed by atoms with E-state index >= 15 is 0 Å². The van der Waals surface area contributed by atoms with Crippen LogP contribution in [0.1, 0.15) is 16.6 Å². The Hall–Kier alpha value is -1.70. The van der Waals surface area contributed by atoms with Crippen LogP contribution >= 0.6 is 23.7 Å². The molecule has 1 heterocycles. The van der Waals surface area contributed by atoms with E-state index < -0.39 is 6.61 Å². The Morgan fingerprint density at radius 3 is 2.42 bits per heavy atom. The van der Waals surface area contributed by atoms with Crippen LogP contribution in [-0.4, -0.2) is 37.1 Å². The molecule has 1 atom stereocenters. The van der Waals surface area contributed by atoms with Gasteiger partial charge in [-0.3, -0.25) is 4.79 Å². The molecule has 1 aromatic carbocycles. The highest BCUT2D eigenvalue weighted by atomic mass is 35.5. The first-order chi connectivity index (χ1) is 10.9. The van der Waals surface area contributed by atoms with E-state index in [1.807, 2.05) is 13.0 Å². The smallest absolute Gasteiger partial charge is 0.387 e. The second-order valence-corrected chi connectivity index (χ2v) is 6.15. The van der Waals surface area contributed by atoms with Crippen molar-refractivity contribution in [1.82, 2.24) is 4.90 Å². The predicted octanol–water partition coefficient (Wildman–Crippen LogP) is 3.86. The molecular weight excluding hydrogens is 358 g/mol. The molecule has 4 nitrogen and oxygen atoms in total. The van der Waals surface area contributed by atoms with Gasteiger partial charge in [0, 0.05) is 24.5 Å². The number of carbonyl (C=O) groups is 1. The molecule has 1 unspecified atom stereocenters. The van der Waals surface area contributed by atoms with Crippen LogP contribution in [0.3, 0.4) is 0 Å². The Morgan fingerprint density at radius 2 is 1.88 bits per heavy atom. The molecule has 24 heavy (non-hydrogen) atoms. The lowest BCUT2D eigenvalue weighted by Gasteiger charge is -2.22. The number of nitrogens with zero attached hydrogens (tertiary/aromatic N) is 1. The number of alkyl halides is 2. The van der Waals surface area contributed by atoms with Gasteiger partial charge in [-0.25, -0.2) is 0 Å². The summed E-state index contributed by atoms with van der Waals surface area (Å²) in [4.78, 5) is 15.4. The van der Waals surface area contributed by atoms with Gasteiger partial charge in [-0.1, -0.05) is 0 Å². The normalized spacial score (nSPS) is 11.8. The van der Waals surface area contributed by atoms with Crippen LogP contribution in [-0.2, 0) is 0 Å². The molecule has 1 aromatic heterocycles. The standard InChI is InChI=1S/C16H18F2N2O2S.ClH/c1-10(9-19)20(2)15(21)14-8-7-13(23-14)11-3-5-12(6-4-11)22-16(17)18;/h3-8,10,16H,9,19H2,1-2H3;1H. The molecule has 0 aliphatic heterocycles. The summed E-state index contributed by atoms with van der Waals surface area (Å²) < 4.78 is 28.6. The van der Waals surface area contributed by atoms with Crippen molar-refractivity contribution in [2.45, 2.75) is 19.6 Å². The van der Waals surface area contributed by atoms with Gasteiger partial charge in [0.15, 0.2) is 0 Å². The zero-order chi connectivity index (χ0) is 17.0. The summed E-state index contributed by atoms with van der Waals surface area (Å²) in [5.41, 5.74) is 6.42. The maximum atomic E-state index is 12.3. The Bertz CT molecular complexity index is 664. The van der Waals surface area contributed by atoms with Crippen molar-refractivity contribution >= 4 is 29.7 Å². The van der Waals surface area contributed by atoms with Crippen LogP contribution in [0, 0.1) is 0 Å². The zero-order valence-electron chi connectivity index (χ0n) is 13.2. The molecule has 132 valence electrons.